The van der Waals surface area contributed by atoms with Gasteiger partial charge >= 0.3 is 0 Å². The van der Waals surface area contributed by atoms with Gasteiger partial charge in [-0.3, -0.25) is 14.4 Å². The van der Waals surface area contributed by atoms with Crippen LogP contribution in [-0.4, -0.2) is 29.3 Å². The largest absolute Gasteiger partial charge is 0.370 e. The summed E-state index contributed by atoms with van der Waals surface area (Å²) in [5.74, 6) is -1.29. The number of carbonyl (C=O) groups excluding carboxylic acids is 3. The topological polar surface area (TPSA) is 114 Å². The van der Waals surface area contributed by atoms with E-state index in [1.807, 2.05) is 30.3 Å². The predicted molar refractivity (Wildman–Crippen MR) is 112 cm³/mol. The number of nitrogens with zero attached hydrogens (tertiary/aromatic N) is 1. The molecule has 7 nitrogen and oxygen atoms in total. The second kappa shape index (κ2) is 9.61. The van der Waals surface area contributed by atoms with Gasteiger partial charge in [0.15, 0.2) is 0 Å². The molecule has 0 atom stereocenters. The molecule has 0 spiro atoms. The van der Waals surface area contributed by atoms with Crippen LogP contribution in [0.1, 0.15) is 37.8 Å². The van der Waals surface area contributed by atoms with Gasteiger partial charge in [0.05, 0.1) is 16.3 Å². The van der Waals surface area contributed by atoms with Crippen molar-refractivity contribution in [3.8, 4) is 0 Å². The highest BCUT2D eigenvalue weighted by atomic mass is 32.1. The zero-order chi connectivity index (χ0) is 20.6. The van der Waals surface area contributed by atoms with Crippen molar-refractivity contribution >= 4 is 34.7 Å². The number of para-hydroxylation sites is 1. The molecule has 0 aliphatic carbocycles. The van der Waals surface area contributed by atoms with E-state index < -0.39 is 17.7 Å². The summed E-state index contributed by atoms with van der Waals surface area (Å²) in [4.78, 5) is 40.2. The van der Waals surface area contributed by atoms with Gasteiger partial charge in [0.1, 0.15) is 5.69 Å². The molecule has 0 saturated heterocycles. The molecule has 0 fully saturated rings. The molecule has 4 N–H and O–H groups in total. The summed E-state index contributed by atoms with van der Waals surface area (Å²) in [6.45, 7) is 0.130. The lowest BCUT2D eigenvalue weighted by Crippen LogP contribution is -2.28. The lowest BCUT2D eigenvalue weighted by atomic mass is 10.1. The Hall–Kier alpha value is -3.52. The van der Waals surface area contributed by atoms with Gasteiger partial charge < -0.3 is 16.4 Å². The SMILES string of the molecule is NC(=O)CCNC(=O)c1ccccc1NC(=O)c1csc(Cc2ccccc2)n1. The molecule has 29 heavy (non-hydrogen) atoms. The van der Waals surface area contributed by atoms with E-state index in [1.165, 1.54) is 11.3 Å². The van der Waals surface area contributed by atoms with Crippen molar-refractivity contribution in [2.45, 2.75) is 12.8 Å². The second-order valence-corrected chi connectivity index (χ2v) is 7.20. The molecule has 3 rings (SSSR count). The van der Waals surface area contributed by atoms with E-state index in [1.54, 1.807) is 29.6 Å². The van der Waals surface area contributed by atoms with Crippen LogP contribution in [0.5, 0.6) is 0 Å². The Morgan fingerprint density at radius 1 is 0.966 bits per heavy atom. The number of rotatable bonds is 8. The highest BCUT2D eigenvalue weighted by molar-refractivity contribution is 7.09. The Balaban J connectivity index is 1.66. The molecule has 0 aliphatic heterocycles. The monoisotopic (exact) mass is 408 g/mol. The molecule has 0 saturated carbocycles. The van der Waals surface area contributed by atoms with Gasteiger partial charge in [0.2, 0.25) is 5.91 Å². The summed E-state index contributed by atoms with van der Waals surface area (Å²) in [6.07, 6.45) is 0.695. The molecule has 3 aromatic rings. The summed E-state index contributed by atoms with van der Waals surface area (Å²) >= 11 is 1.41. The first-order valence-corrected chi connectivity index (χ1v) is 9.86. The molecule has 1 aromatic heterocycles. The molecule has 0 unspecified atom stereocenters. The van der Waals surface area contributed by atoms with E-state index in [0.29, 0.717) is 23.4 Å². The van der Waals surface area contributed by atoms with Crippen LogP contribution in [0.3, 0.4) is 0 Å². The maximum atomic E-state index is 12.6. The number of nitrogens with one attached hydrogen (secondary N) is 2. The minimum absolute atomic E-state index is 0.0449. The summed E-state index contributed by atoms with van der Waals surface area (Å²) < 4.78 is 0. The summed E-state index contributed by atoms with van der Waals surface area (Å²) in [5.41, 5.74) is 7.15. The first-order valence-electron chi connectivity index (χ1n) is 8.98. The third-order valence-corrected chi connectivity index (χ3v) is 4.91. The average molecular weight is 408 g/mol. The highest BCUT2D eigenvalue weighted by Gasteiger charge is 2.16. The first kappa shape index (κ1) is 20.2. The van der Waals surface area contributed by atoms with Crippen molar-refractivity contribution < 1.29 is 14.4 Å². The Morgan fingerprint density at radius 2 is 1.69 bits per heavy atom. The number of amides is 3. The van der Waals surface area contributed by atoms with E-state index in [2.05, 4.69) is 15.6 Å². The molecular formula is C21H20N4O3S. The van der Waals surface area contributed by atoms with E-state index >= 15 is 0 Å². The predicted octanol–water partition coefficient (Wildman–Crippen LogP) is 2.59. The van der Waals surface area contributed by atoms with E-state index in [0.717, 1.165) is 10.6 Å². The van der Waals surface area contributed by atoms with Crippen molar-refractivity contribution in [3.63, 3.8) is 0 Å². The summed E-state index contributed by atoms with van der Waals surface area (Å²) in [5, 5.41) is 7.88. The highest BCUT2D eigenvalue weighted by Crippen LogP contribution is 2.19. The normalized spacial score (nSPS) is 10.3. The zero-order valence-electron chi connectivity index (χ0n) is 15.6. The van der Waals surface area contributed by atoms with Gasteiger partial charge in [-0.1, -0.05) is 42.5 Å². The minimum atomic E-state index is -0.498. The van der Waals surface area contributed by atoms with Crippen molar-refractivity contribution in [3.05, 3.63) is 81.8 Å². The number of carbonyl (C=O) groups is 3. The molecule has 3 amide bonds. The van der Waals surface area contributed by atoms with Gasteiger partial charge in [-0.15, -0.1) is 11.3 Å². The van der Waals surface area contributed by atoms with Crippen LogP contribution in [0.25, 0.3) is 0 Å². The Morgan fingerprint density at radius 3 is 2.45 bits per heavy atom. The lowest BCUT2D eigenvalue weighted by Gasteiger charge is -2.10. The molecule has 2 aromatic carbocycles. The van der Waals surface area contributed by atoms with Crippen LogP contribution in [0.4, 0.5) is 5.69 Å². The maximum Gasteiger partial charge on any atom is 0.275 e. The molecule has 1 heterocycles. The fourth-order valence-corrected chi connectivity index (χ4v) is 3.45. The summed E-state index contributed by atoms with van der Waals surface area (Å²) in [6, 6.07) is 16.5. The molecule has 0 bridgehead atoms. The van der Waals surface area contributed by atoms with Crippen LogP contribution in [-0.2, 0) is 11.2 Å². The average Bonchev–Trinajstić information content (AvgIpc) is 3.17. The van der Waals surface area contributed by atoms with Gasteiger partial charge in [-0.05, 0) is 17.7 Å². The fraction of sp³-hybridized carbons (Fsp3) is 0.143. The standard InChI is InChI=1S/C21H20N4O3S/c22-18(26)10-11-23-20(27)15-8-4-5-9-16(15)25-21(28)17-13-29-19(24-17)12-14-6-2-1-3-7-14/h1-9,13H,10-12H2,(H2,22,26)(H,23,27)(H,25,28). The number of aromatic nitrogens is 1. The van der Waals surface area contributed by atoms with Crippen LogP contribution in [0.15, 0.2) is 60.0 Å². The number of thiazole rings is 1. The quantitative estimate of drug-likeness (QED) is 0.531. The number of anilines is 1. The second-order valence-electron chi connectivity index (χ2n) is 6.26. The smallest absolute Gasteiger partial charge is 0.275 e. The third kappa shape index (κ3) is 5.73. The van der Waals surface area contributed by atoms with Crippen molar-refractivity contribution in [2.24, 2.45) is 5.73 Å². The zero-order valence-corrected chi connectivity index (χ0v) is 16.4. The van der Waals surface area contributed by atoms with Crippen molar-refractivity contribution in [1.82, 2.24) is 10.3 Å². The fourth-order valence-electron chi connectivity index (χ4n) is 2.64. The number of primary amides is 1. The van der Waals surface area contributed by atoms with Crippen LogP contribution in [0.2, 0.25) is 0 Å². The minimum Gasteiger partial charge on any atom is -0.370 e. The lowest BCUT2D eigenvalue weighted by molar-refractivity contribution is -0.117. The van der Waals surface area contributed by atoms with Crippen molar-refractivity contribution in [1.29, 1.82) is 0 Å². The van der Waals surface area contributed by atoms with Gasteiger partial charge in [-0.2, -0.15) is 0 Å². The van der Waals surface area contributed by atoms with E-state index in [-0.39, 0.29) is 13.0 Å². The maximum absolute atomic E-state index is 12.6. The molecular weight excluding hydrogens is 388 g/mol. The van der Waals surface area contributed by atoms with E-state index in [4.69, 9.17) is 5.73 Å². The number of hydrogen-bond acceptors (Lipinski definition) is 5. The summed E-state index contributed by atoms with van der Waals surface area (Å²) in [7, 11) is 0. The Labute approximate surface area is 172 Å². The molecule has 148 valence electrons. The van der Waals surface area contributed by atoms with Gasteiger partial charge in [-0.25, -0.2) is 4.98 Å². The van der Waals surface area contributed by atoms with Gasteiger partial charge in [0, 0.05) is 24.8 Å². The van der Waals surface area contributed by atoms with Crippen LogP contribution >= 0.6 is 11.3 Å². The van der Waals surface area contributed by atoms with Crippen molar-refractivity contribution in [2.75, 3.05) is 11.9 Å². The number of nitrogens with two attached hydrogens (primary N) is 1. The first-order chi connectivity index (χ1) is 14.0. The number of benzene rings is 2. The Kier molecular flexibility index (Phi) is 6.70. The van der Waals surface area contributed by atoms with Crippen LogP contribution < -0.4 is 16.4 Å². The van der Waals surface area contributed by atoms with E-state index in [9.17, 15) is 14.4 Å². The third-order valence-electron chi connectivity index (χ3n) is 4.06. The van der Waals surface area contributed by atoms with Crippen LogP contribution in [0, 0.1) is 0 Å². The molecule has 8 heteroatoms. The molecule has 0 aliphatic rings. The molecule has 0 radical (unpaired) electrons. The number of hydrogen-bond donors (Lipinski definition) is 3. The van der Waals surface area contributed by atoms with Gasteiger partial charge in [0.25, 0.3) is 11.8 Å². The Bertz CT molecular complexity index is 1020.